The number of hydrogen-bond acceptors (Lipinski definition) is 2. The minimum absolute atomic E-state index is 0.249. The van der Waals surface area contributed by atoms with Crippen molar-refractivity contribution < 1.29 is 14.0 Å². The summed E-state index contributed by atoms with van der Waals surface area (Å²) in [6.07, 6.45) is 21.8. The molecule has 30 heavy (non-hydrogen) atoms. The van der Waals surface area contributed by atoms with Gasteiger partial charge in [-0.25, -0.2) is 4.79 Å². The predicted molar refractivity (Wildman–Crippen MR) is 132 cm³/mol. The van der Waals surface area contributed by atoms with E-state index in [9.17, 15) is 4.79 Å². The number of likely N-dealkylation sites (N-methyl/N-ethyl adjacent to an activating group) is 1. The Hall–Kier alpha value is -0.830. The van der Waals surface area contributed by atoms with Gasteiger partial charge in [0.2, 0.25) is 0 Å². The third kappa shape index (κ3) is 18.0. The maximum absolute atomic E-state index is 11.7. The third-order valence-electron chi connectivity index (χ3n) is 6.32. The fourth-order valence-corrected chi connectivity index (χ4v) is 4.07. The molecule has 0 unspecified atom stereocenters. The van der Waals surface area contributed by atoms with E-state index in [0.29, 0.717) is 12.2 Å². The Morgan fingerprint density at radius 3 is 1.40 bits per heavy atom. The fraction of sp³-hybridized carbons (Fsp3) is 0.889. The van der Waals surface area contributed by atoms with Crippen molar-refractivity contribution in [2.24, 2.45) is 0 Å². The van der Waals surface area contributed by atoms with Crippen LogP contribution in [-0.2, 0) is 9.53 Å². The zero-order chi connectivity index (χ0) is 22.5. The molecule has 0 spiro atoms. The first kappa shape index (κ1) is 29.2. The molecule has 0 aliphatic rings. The Labute approximate surface area is 189 Å². The molecule has 0 N–H and O–H groups in total. The van der Waals surface area contributed by atoms with Crippen LogP contribution in [0.3, 0.4) is 0 Å². The van der Waals surface area contributed by atoms with Gasteiger partial charge in [-0.2, -0.15) is 0 Å². The number of unbranched alkanes of at least 4 members (excludes halogenated alkanes) is 14. The normalized spacial score (nSPS) is 11.6. The molecular formula is C27H54NO2+. The van der Waals surface area contributed by atoms with Crippen molar-refractivity contribution in [2.75, 3.05) is 33.3 Å². The molecule has 0 saturated carbocycles. The summed E-state index contributed by atoms with van der Waals surface area (Å²) in [5, 5.41) is 0. The monoisotopic (exact) mass is 424 g/mol. The fourth-order valence-electron chi connectivity index (χ4n) is 4.07. The van der Waals surface area contributed by atoms with Gasteiger partial charge in [0.15, 0.2) is 0 Å². The van der Waals surface area contributed by atoms with Gasteiger partial charge in [-0.3, -0.25) is 0 Å². The molecule has 3 nitrogen and oxygen atoms in total. The minimum atomic E-state index is -0.249. The van der Waals surface area contributed by atoms with E-state index in [4.69, 9.17) is 4.74 Å². The second-order valence-electron chi connectivity index (χ2n) is 9.66. The quantitative estimate of drug-likeness (QED) is 0.0765. The van der Waals surface area contributed by atoms with Crippen LogP contribution in [0.25, 0.3) is 0 Å². The first-order chi connectivity index (χ1) is 14.4. The molecule has 0 aromatic rings. The molecule has 178 valence electrons. The smallest absolute Gasteiger partial charge is 0.333 e. The Morgan fingerprint density at radius 1 is 0.667 bits per heavy atom. The van der Waals surface area contributed by atoms with Crippen LogP contribution in [0.15, 0.2) is 12.2 Å². The van der Waals surface area contributed by atoms with Crippen LogP contribution in [0, 0.1) is 0 Å². The van der Waals surface area contributed by atoms with Gasteiger partial charge in [-0.05, 0) is 32.6 Å². The summed E-state index contributed by atoms with van der Waals surface area (Å²) in [5.74, 6) is -0.249. The SMILES string of the molecule is C=C(C)C(=O)OCC[N+](C)(CCCCCCCCCC)CCCCCCCCCC. The van der Waals surface area contributed by atoms with Crippen LogP contribution in [0.1, 0.15) is 124 Å². The predicted octanol–water partition coefficient (Wildman–Crippen LogP) is 7.83. The molecule has 0 radical (unpaired) electrons. The van der Waals surface area contributed by atoms with Gasteiger partial charge in [0.1, 0.15) is 13.2 Å². The largest absolute Gasteiger partial charge is 0.456 e. The number of carbonyl (C=O) groups excluding carboxylic acids is 1. The van der Waals surface area contributed by atoms with E-state index in [0.717, 1.165) is 11.0 Å². The highest BCUT2D eigenvalue weighted by Crippen LogP contribution is 2.15. The van der Waals surface area contributed by atoms with Crippen molar-refractivity contribution in [3.05, 3.63) is 12.2 Å². The standard InChI is InChI=1S/C27H54NO2/c1-6-8-10-12-14-16-18-20-22-28(5,24-25-30-27(29)26(3)4)23-21-19-17-15-13-11-9-7-2/h3,6-25H2,1-2,4-5H3/q+1. The summed E-state index contributed by atoms with van der Waals surface area (Å²) in [6.45, 7) is 13.8. The summed E-state index contributed by atoms with van der Waals surface area (Å²) in [5.41, 5.74) is 0.496. The van der Waals surface area contributed by atoms with Crippen LogP contribution in [0.4, 0.5) is 0 Å². The van der Waals surface area contributed by atoms with E-state index in [-0.39, 0.29) is 5.97 Å². The summed E-state index contributed by atoms with van der Waals surface area (Å²) >= 11 is 0. The van der Waals surface area contributed by atoms with E-state index < -0.39 is 0 Å². The summed E-state index contributed by atoms with van der Waals surface area (Å²) in [6, 6.07) is 0. The van der Waals surface area contributed by atoms with E-state index >= 15 is 0 Å². The lowest BCUT2D eigenvalue weighted by Crippen LogP contribution is -2.48. The molecule has 0 saturated heterocycles. The molecule has 0 fully saturated rings. The molecule has 0 bridgehead atoms. The van der Waals surface area contributed by atoms with Crippen LogP contribution in [0.5, 0.6) is 0 Å². The maximum atomic E-state index is 11.7. The van der Waals surface area contributed by atoms with Gasteiger partial charge in [0.05, 0.1) is 20.1 Å². The summed E-state index contributed by atoms with van der Waals surface area (Å²) < 4.78 is 6.45. The first-order valence-electron chi connectivity index (χ1n) is 13.1. The Balaban J connectivity index is 4.17. The van der Waals surface area contributed by atoms with Gasteiger partial charge in [0.25, 0.3) is 0 Å². The molecule has 0 rings (SSSR count). The van der Waals surface area contributed by atoms with E-state index in [2.05, 4.69) is 27.5 Å². The van der Waals surface area contributed by atoms with Crippen molar-refractivity contribution in [1.82, 2.24) is 0 Å². The Morgan fingerprint density at radius 2 is 1.03 bits per heavy atom. The van der Waals surface area contributed by atoms with Crippen molar-refractivity contribution in [2.45, 2.75) is 124 Å². The Bertz CT molecular complexity index is 399. The van der Waals surface area contributed by atoms with Crippen LogP contribution in [0.2, 0.25) is 0 Å². The van der Waals surface area contributed by atoms with E-state index in [1.807, 2.05) is 0 Å². The lowest BCUT2D eigenvalue weighted by molar-refractivity contribution is -0.910. The number of quaternary nitrogens is 1. The minimum Gasteiger partial charge on any atom is -0.456 e. The summed E-state index contributed by atoms with van der Waals surface area (Å²) in [4.78, 5) is 11.7. The van der Waals surface area contributed by atoms with Crippen molar-refractivity contribution in [1.29, 1.82) is 0 Å². The number of esters is 1. The van der Waals surface area contributed by atoms with Crippen molar-refractivity contribution in [3.8, 4) is 0 Å². The van der Waals surface area contributed by atoms with Crippen molar-refractivity contribution >= 4 is 5.97 Å². The zero-order valence-corrected chi connectivity index (χ0v) is 21.1. The van der Waals surface area contributed by atoms with Gasteiger partial charge >= 0.3 is 5.97 Å². The zero-order valence-electron chi connectivity index (χ0n) is 21.1. The van der Waals surface area contributed by atoms with Crippen molar-refractivity contribution in [3.63, 3.8) is 0 Å². The van der Waals surface area contributed by atoms with E-state index in [1.54, 1.807) is 6.92 Å². The van der Waals surface area contributed by atoms with Crippen LogP contribution in [-0.4, -0.2) is 43.7 Å². The second kappa shape index (κ2) is 20.1. The maximum Gasteiger partial charge on any atom is 0.333 e. The van der Waals surface area contributed by atoms with Crippen LogP contribution < -0.4 is 0 Å². The summed E-state index contributed by atoms with van der Waals surface area (Å²) in [7, 11) is 2.36. The Kier molecular flexibility index (Phi) is 19.5. The molecular weight excluding hydrogens is 370 g/mol. The highest BCUT2D eigenvalue weighted by atomic mass is 16.5. The number of nitrogens with zero attached hydrogens (tertiary/aromatic N) is 1. The molecule has 0 aliphatic carbocycles. The lowest BCUT2D eigenvalue weighted by atomic mass is 10.1. The van der Waals surface area contributed by atoms with Crippen LogP contribution >= 0.6 is 0 Å². The second-order valence-corrected chi connectivity index (χ2v) is 9.66. The number of carbonyl (C=O) groups is 1. The third-order valence-corrected chi connectivity index (χ3v) is 6.32. The number of rotatable bonds is 22. The molecule has 0 aromatic carbocycles. The molecule has 0 amide bonds. The van der Waals surface area contributed by atoms with Gasteiger partial charge in [-0.1, -0.05) is 97.5 Å². The topological polar surface area (TPSA) is 26.3 Å². The average molecular weight is 425 g/mol. The molecule has 0 aromatic heterocycles. The average Bonchev–Trinajstić information content (AvgIpc) is 2.72. The first-order valence-corrected chi connectivity index (χ1v) is 13.1. The van der Waals surface area contributed by atoms with Gasteiger partial charge in [0, 0.05) is 5.57 Å². The molecule has 0 atom stereocenters. The van der Waals surface area contributed by atoms with E-state index in [1.165, 1.54) is 116 Å². The number of hydrogen-bond donors (Lipinski definition) is 0. The number of ether oxygens (including phenoxy) is 1. The lowest BCUT2D eigenvalue weighted by Gasteiger charge is -2.34. The van der Waals surface area contributed by atoms with Gasteiger partial charge < -0.3 is 9.22 Å². The highest BCUT2D eigenvalue weighted by molar-refractivity contribution is 5.86. The van der Waals surface area contributed by atoms with Gasteiger partial charge in [-0.15, -0.1) is 0 Å². The molecule has 0 aliphatic heterocycles. The molecule has 3 heteroatoms. The molecule has 0 heterocycles. The highest BCUT2D eigenvalue weighted by Gasteiger charge is 2.21.